The zero-order valence-electron chi connectivity index (χ0n) is 33.7. The predicted molar refractivity (Wildman–Crippen MR) is 211 cm³/mol. The van der Waals surface area contributed by atoms with E-state index in [-0.39, 0.29) is 12.3 Å². The number of ether oxygens (including phenoxy) is 2. The summed E-state index contributed by atoms with van der Waals surface area (Å²) in [4.78, 5) is 12.8. The molecular weight excluding hydrogens is 676 g/mol. The van der Waals surface area contributed by atoms with Crippen LogP contribution in [0.25, 0.3) is 0 Å². The SMILES string of the molecule is CCCCCCCCCCCCCCCCCC(=O)N[C@H]1[C@H](O)[C@@H](O)C(C2O[C@H](CO)[C@@H](NCCCCCCCCCCCC)[C@H](O)[C@H]2O)O[C@@H]1CO. The van der Waals surface area contributed by atoms with Gasteiger partial charge in [0.15, 0.2) is 0 Å². The Labute approximate surface area is 322 Å². The Kier molecular flexibility index (Phi) is 27.6. The lowest BCUT2D eigenvalue weighted by molar-refractivity contribution is -0.276. The van der Waals surface area contributed by atoms with Gasteiger partial charge in [-0.1, -0.05) is 162 Å². The Morgan fingerprint density at radius 3 is 1.21 bits per heavy atom. The molecule has 0 aromatic rings. The second-order valence-corrected chi connectivity index (χ2v) is 16.1. The van der Waals surface area contributed by atoms with Gasteiger partial charge in [0.1, 0.15) is 42.7 Å². The average Bonchev–Trinajstić information content (AvgIpc) is 3.16. The van der Waals surface area contributed by atoms with E-state index in [1.807, 2.05) is 0 Å². The van der Waals surface area contributed by atoms with Gasteiger partial charge in [0, 0.05) is 6.42 Å². The third-order valence-electron chi connectivity index (χ3n) is 11.5. The van der Waals surface area contributed by atoms with Crippen LogP contribution in [0, 0.1) is 0 Å². The molecule has 10 atom stereocenters. The van der Waals surface area contributed by atoms with Crippen molar-refractivity contribution >= 4 is 5.91 Å². The number of carbonyl (C=O) groups excluding carboxylic acids is 1. The van der Waals surface area contributed by atoms with Crippen LogP contribution in [-0.4, -0.2) is 117 Å². The fourth-order valence-electron chi connectivity index (χ4n) is 8.07. The highest BCUT2D eigenvalue weighted by atomic mass is 16.6. The number of unbranched alkanes of at least 4 members (excludes halogenated alkanes) is 23. The standard InChI is InChI=1S/C42H82N2O9/c1-3-5-7-9-11-13-15-16-17-18-19-20-22-24-26-28-34(47)44-36-33(31-46)53-42(40(51)38(36)49)41-39(50)37(48)35(32(30-45)52-41)43-29-27-25-23-21-14-12-10-8-6-4-2/h32-33,35-43,45-46,48-51H,3-31H2,1-2H3,(H,44,47)/t32-,33-,35-,36-,37+,38+,39-,40-,41?,42?/m1/s1. The Hall–Kier alpha value is -0.890. The molecule has 2 aliphatic rings. The molecule has 2 aliphatic heterocycles. The van der Waals surface area contributed by atoms with Gasteiger partial charge in [0.25, 0.3) is 0 Å². The van der Waals surface area contributed by atoms with Crippen molar-refractivity contribution in [3.63, 3.8) is 0 Å². The zero-order valence-corrected chi connectivity index (χ0v) is 33.7. The van der Waals surface area contributed by atoms with Gasteiger partial charge in [0.05, 0.1) is 31.4 Å². The summed E-state index contributed by atoms with van der Waals surface area (Å²) < 4.78 is 11.9. The first kappa shape index (κ1) is 48.3. The minimum atomic E-state index is -1.59. The highest BCUT2D eigenvalue weighted by molar-refractivity contribution is 5.76. The quantitative estimate of drug-likeness (QED) is 0.0404. The Morgan fingerprint density at radius 2 is 0.811 bits per heavy atom. The fourth-order valence-corrected chi connectivity index (χ4v) is 8.07. The van der Waals surface area contributed by atoms with Crippen LogP contribution in [0.3, 0.4) is 0 Å². The van der Waals surface area contributed by atoms with E-state index < -0.39 is 74.1 Å². The first-order chi connectivity index (χ1) is 25.8. The van der Waals surface area contributed by atoms with Crippen LogP contribution in [0.15, 0.2) is 0 Å². The minimum absolute atomic E-state index is 0.265. The molecule has 2 fully saturated rings. The second kappa shape index (κ2) is 30.3. The third kappa shape index (κ3) is 18.7. The summed E-state index contributed by atoms with van der Waals surface area (Å²) in [5.41, 5.74) is 0. The van der Waals surface area contributed by atoms with Crippen molar-refractivity contribution in [3.05, 3.63) is 0 Å². The van der Waals surface area contributed by atoms with E-state index in [2.05, 4.69) is 24.5 Å². The average molecular weight is 759 g/mol. The molecular formula is C42H82N2O9. The molecule has 11 heteroatoms. The summed E-state index contributed by atoms with van der Waals surface area (Å²) in [6.45, 7) is 4.07. The lowest BCUT2D eigenvalue weighted by Crippen LogP contribution is -2.72. The van der Waals surface area contributed by atoms with Crippen molar-refractivity contribution in [2.45, 2.75) is 242 Å². The van der Waals surface area contributed by atoms with Crippen molar-refractivity contribution in [2.75, 3.05) is 19.8 Å². The van der Waals surface area contributed by atoms with E-state index in [4.69, 9.17) is 9.47 Å². The summed E-state index contributed by atoms with van der Waals surface area (Å²) in [6, 6.07) is -1.80. The van der Waals surface area contributed by atoms with Crippen LogP contribution < -0.4 is 10.6 Å². The van der Waals surface area contributed by atoms with Gasteiger partial charge in [-0.25, -0.2) is 0 Å². The first-order valence-electron chi connectivity index (χ1n) is 22.1. The highest BCUT2D eigenvalue weighted by Crippen LogP contribution is 2.32. The molecule has 0 aromatic heterocycles. The normalized spacial score (nSPS) is 29.1. The van der Waals surface area contributed by atoms with Gasteiger partial charge in [-0.2, -0.15) is 0 Å². The van der Waals surface area contributed by atoms with Crippen molar-refractivity contribution in [3.8, 4) is 0 Å². The second-order valence-electron chi connectivity index (χ2n) is 16.1. The number of aliphatic hydroxyl groups is 6. The molecule has 11 nitrogen and oxygen atoms in total. The first-order valence-corrected chi connectivity index (χ1v) is 22.1. The summed E-state index contributed by atoms with van der Waals surface area (Å²) in [6.07, 6.45) is 20.2. The van der Waals surface area contributed by atoms with Crippen LogP contribution in [-0.2, 0) is 14.3 Å². The van der Waals surface area contributed by atoms with Crippen molar-refractivity contribution in [1.29, 1.82) is 0 Å². The molecule has 0 saturated carbocycles. The van der Waals surface area contributed by atoms with Gasteiger partial charge in [-0.3, -0.25) is 4.79 Å². The molecule has 2 unspecified atom stereocenters. The fraction of sp³-hybridized carbons (Fsp3) is 0.976. The van der Waals surface area contributed by atoms with Crippen LogP contribution in [0.2, 0.25) is 0 Å². The molecule has 0 aromatic carbocycles. The van der Waals surface area contributed by atoms with Gasteiger partial charge >= 0.3 is 0 Å². The number of hydrogen-bond acceptors (Lipinski definition) is 10. The molecule has 2 saturated heterocycles. The predicted octanol–water partition coefficient (Wildman–Crippen LogP) is 5.57. The molecule has 2 heterocycles. The van der Waals surface area contributed by atoms with Crippen LogP contribution in [0.1, 0.15) is 181 Å². The van der Waals surface area contributed by atoms with E-state index in [1.165, 1.54) is 116 Å². The highest BCUT2D eigenvalue weighted by Gasteiger charge is 2.54. The summed E-state index contributed by atoms with van der Waals surface area (Å²) in [7, 11) is 0. The molecule has 0 bridgehead atoms. The van der Waals surface area contributed by atoms with Crippen LogP contribution in [0.4, 0.5) is 0 Å². The van der Waals surface area contributed by atoms with E-state index in [0.717, 1.165) is 38.5 Å². The molecule has 2 rings (SSSR count). The molecule has 0 aliphatic carbocycles. The van der Waals surface area contributed by atoms with Gasteiger partial charge in [-0.15, -0.1) is 0 Å². The summed E-state index contributed by atoms with van der Waals surface area (Å²) in [5, 5.41) is 70.5. The molecule has 314 valence electrons. The van der Waals surface area contributed by atoms with Gasteiger partial charge in [-0.05, 0) is 19.4 Å². The summed E-state index contributed by atoms with van der Waals surface area (Å²) in [5.74, 6) is -0.294. The van der Waals surface area contributed by atoms with E-state index in [0.29, 0.717) is 13.0 Å². The van der Waals surface area contributed by atoms with Crippen LogP contribution in [0.5, 0.6) is 0 Å². The number of hydrogen-bond donors (Lipinski definition) is 8. The van der Waals surface area contributed by atoms with E-state index in [9.17, 15) is 35.4 Å². The van der Waals surface area contributed by atoms with E-state index >= 15 is 0 Å². The molecule has 0 radical (unpaired) electrons. The van der Waals surface area contributed by atoms with Gasteiger partial charge in [0.2, 0.25) is 5.91 Å². The number of rotatable bonds is 32. The Balaban J connectivity index is 1.68. The number of nitrogens with one attached hydrogen (secondary N) is 2. The third-order valence-corrected chi connectivity index (χ3v) is 11.5. The van der Waals surface area contributed by atoms with Crippen molar-refractivity contribution in [1.82, 2.24) is 10.6 Å². The molecule has 0 spiro atoms. The maximum atomic E-state index is 12.8. The molecule has 8 N–H and O–H groups in total. The topological polar surface area (TPSA) is 181 Å². The Bertz CT molecular complexity index is 882. The maximum absolute atomic E-state index is 12.8. The van der Waals surface area contributed by atoms with Crippen molar-refractivity contribution < 1.29 is 44.9 Å². The largest absolute Gasteiger partial charge is 0.394 e. The van der Waals surface area contributed by atoms with Crippen molar-refractivity contribution in [2.24, 2.45) is 0 Å². The zero-order chi connectivity index (χ0) is 38.7. The number of carbonyl (C=O) groups is 1. The lowest BCUT2D eigenvalue weighted by atomic mass is 9.84. The summed E-state index contributed by atoms with van der Waals surface area (Å²) >= 11 is 0. The number of amides is 1. The Morgan fingerprint density at radius 1 is 0.472 bits per heavy atom. The maximum Gasteiger partial charge on any atom is 0.220 e. The minimum Gasteiger partial charge on any atom is -0.394 e. The monoisotopic (exact) mass is 759 g/mol. The lowest BCUT2D eigenvalue weighted by Gasteiger charge is -2.50. The smallest absolute Gasteiger partial charge is 0.220 e. The van der Waals surface area contributed by atoms with E-state index in [1.54, 1.807) is 0 Å². The molecule has 53 heavy (non-hydrogen) atoms. The number of aliphatic hydroxyl groups excluding tert-OH is 6. The molecule has 1 amide bonds. The van der Waals surface area contributed by atoms with Gasteiger partial charge < -0.3 is 50.7 Å². The van der Waals surface area contributed by atoms with Crippen LogP contribution >= 0.6 is 0 Å².